The molecule has 1 aliphatic heterocycles. The SMILES string of the molecule is CCC(C)C1NCN(C(C)CCS(C)=O)C1=O. The third kappa shape index (κ3) is 3.78. The van der Waals surface area contributed by atoms with Crippen molar-refractivity contribution in [1.82, 2.24) is 10.2 Å². The average molecular weight is 260 g/mol. The molecule has 4 unspecified atom stereocenters. The van der Waals surface area contributed by atoms with E-state index in [1.807, 2.05) is 11.8 Å². The monoisotopic (exact) mass is 260 g/mol. The smallest absolute Gasteiger partial charge is 0.241 e. The molecule has 4 atom stereocenters. The quantitative estimate of drug-likeness (QED) is 0.773. The van der Waals surface area contributed by atoms with Gasteiger partial charge in [0.1, 0.15) is 0 Å². The molecule has 0 spiro atoms. The van der Waals surface area contributed by atoms with Gasteiger partial charge in [0.05, 0.1) is 12.7 Å². The topological polar surface area (TPSA) is 49.4 Å². The first-order chi connectivity index (χ1) is 7.97. The van der Waals surface area contributed by atoms with Gasteiger partial charge in [0.2, 0.25) is 5.91 Å². The third-order valence-electron chi connectivity index (χ3n) is 3.60. The van der Waals surface area contributed by atoms with Crippen molar-refractivity contribution in [2.75, 3.05) is 18.7 Å². The van der Waals surface area contributed by atoms with Gasteiger partial charge >= 0.3 is 0 Å². The lowest BCUT2D eigenvalue weighted by molar-refractivity contribution is -0.131. The Morgan fingerprint density at radius 1 is 1.53 bits per heavy atom. The van der Waals surface area contributed by atoms with Crippen LogP contribution in [0.5, 0.6) is 0 Å². The molecule has 17 heavy (non-hydrogen) atoms. The normalized spacial score (nSPS) is 26.0. The van der Waals surface area contributed by atoms with Gasteiger partial charge in [0.25, 0.3) is 0 Å². The molecule has 0 saturated carbocycles. The van der Waals surface area contributed by atoms with Gasteiger partial charge in [-0.1, -0.05) is 20.3 Å². The predicted molar refractivity (Wildman–Crippen MR) is 71.1 cm³/mol. The van der Waals surface area contributed by atoms with Gasteiger partial charge in [-0.3, -0.25) is 14.3 Å². The fourth-order valence-electron chi connectivity index (χ4n) is 2.09. The van der Waals surface area contributed by atoms with E-state index in [9.17, 15) is 9.00 Å². The summed E-state index contributed by atoms with van der Waals surface area (Å²) in [7, 11) is -0.775. The van der Waals surface area contributed by atoms with Crippen molar-refractivity contribution >= 4 is 16.7 Å². The van der Waals surface area contributed by atoms with Crippen molar-refractivity contribution < 1.29 is 9.00 Å². The first kappa shape index (κ1) is 14.6. The highest BCUT2D eigenvalue weighted by molar-refractivity contribution is 7.84. The van der Waals surface area contributed by atoms with Crippen molar-refractivity contribution in [2.24, 2.45) is 5.92 Å². The van der Waals surface area contributed by atoms with E-state index < -0.39 is 10.8 Å². The molecule has 1 amide bonds. The summed E-state index contributed by atoms with van der Waals surface area (Å²) < 4.78 is 11.1. The Balaban J connectivity index is 2.51. The summed E-state index contributed by atoms with van der Waals surface area (Å²) in [5.74, 6) is 1.24. The van der Waals surface area contributed by atoms with Crippen molar-refractivity contribution in [3.63, 3.8) is 0 Å². The van der Waals surface area contributed by atoms with Crippen LogP contribution in [0.25, 0.3) is 0 Å². The number of nitrogens with one attached hydrogen (secondary N) is 1. The second-order valence-electron chi connectivity index (χ2n) is 4.95. The van der Waals surface area contributed by atoms with Crippen LogP contribution in [-0.4, -0.2) is 45.8 Å². The molecule has 100 valence electrons. The zero-order valence-corrected chi connectivity index (χ0v) is 12.0. The Kier molecular flexibility index (Phi) is 5.59. The molecule has 5 heteroatoms. The van der Waals surface area contributed by atoms with Gasteiger partial charge in [0, 0.05) is 28.9 Å². The highest BCUT2D eigenvalue weighted by Gasteiger charge is 2.36. The Bertz CT molecular complexity index is 296. The van der Waals surface area contributed by atoms with Crippen molar-refractivity contribution in [3.8, 4) is 0 Å². The first-order valence-corrected chi connectivity index (χ1v) is 8.04. The Hall–Kier alpha value is -0.420. The van der Waals surface area contributed by atoms with E-state index in [1.54, 1.807) is 6.26 Å². The number of carbonyl (C=O) groups is 1. The van der Waals surface area contributed by atoms with Gasteiger partial charge in [0.15, 0.2) is 0 Å². The van der Waals surface area contributed by atoms with Crippen LogP contribution >= 0.6 is 0 Å². The van der Waals surface area contributed by atoms with Crippen molar-refractivity contribution in [2.45, 2.75) is 45.7 Å². The lowest BCUT2D eigenvalue weighted by atomic mass is 9.99. The van der Waals surface area contributed by atoms with Crippen LogP contribution in [0.4, 0.5) is 0 Å². The molecule has 1 rings (SSSR count). The second kappa shape index (κ2) is 6.50. The van der Waals surface area contributed by atoms with Gasteiger partial charge in [-0.15, -0.1) is 0 Å². The standard InChI is InChI=1S/C12H24N2O2S/c1-5-9(2)11-12(15)14(8-13-11)10(3)6-7-17(4)16/h9-11,13H,5-8H2,1-4H3. The molecule has 1 saturated heterocycles. The Morgan fingerprint density at radius 2 is 2.18 bits per heavy atom. The van der Waals surface area contributed by atoms with E-state index in [0.29, 0.717) is 18.3 Å². The van der Waals surface area contributed by atoms with Crippen LogP contribution in [0.3, 0.4) is 0 Å². The molecular weight excluding hydrogens is 236 g/mol. The van der Waals surface area contributed by atoms with Gasteiger partial charge in [-0.05, 0) is 19.3 Å². The number of nitrogens with zero attached hydrogens (tertiary/aromatic N) is 1. The number of hydrogen-bond donors (Lipinski definition) is 1. The van der Waals surface area contributed by atoms with E-state index in [4.69, 9.17) is 0 Å². The fraction of sp³-hybridized carbons (Fsp3) is 0.917. The highest BCUT2D eigenvalue weighted by Crippen LogP contribution is 2.18. The minimum Gasteiger partial charge on any atom is -0.326 e. The van der Waals surface area contributed by atoms with Crippen molar-refractivity contribution in [1.29, 1.82) is 0 Å². The minimum atomic E-state index is -0.775. The van der Waals surface area contributed by atoms with E-state index in [2.05, 4.69) is 19.2 Å². The summed E-state index contributed by atoms with van der Waals surface area (Å²) in [4.78, 5) is 14.1. The molecule has 1 heterocycles. The Morgan fingerprint density at radius 3 is 2.71 bits per heavy atom. The predicted octanol–water partition coefficient (Wildman–Crippen LogP) is 0.948. The molecule has 1 N–H and O–H groups in total. The van der Waals surface area contributed by atoms with Crippen LogP contribution in [0.2, 0.25) is 0 Å². The van der Waals surface area contributed by atoms with E-state index in [-0.39, 0.29) is 18.0 Å². The molecular formula is C12H24N2O2S. The van der Waals surface area contributed by atoms with Crippen LogP contribution in [-0.2, 0) is 15.6 Å². The number of amides is 1. The lowest BCUT2D eigenvalue weighted by Crippen LogP contribution is -2.39. The van der Waals surface area contributed by atoms with Gasteiger partial charge < -0.3 is 4.90 Å². The molecule has 1 aliphatic rings. The summed E-state index contributed by atoms with van der Waals surface area (Å²) in [6.07, 6.45) is 3.52. The van der Waals surface area contributed by atoms with Crippen LogP contribution in [0.15, 0.2) is 0 Å². The van der Waals surface area contributed by atoms with E-state index in [1.165, 1.54) is 0 Å². The van der Waals surface area contributed by atoms with Gasteiger partial charge in [-0.25, -0.2) is 0 Å². The van der Waals surface area contributed by atoms with Crippen LogP contribution in [0, 0.1) is 5.92 Å². The van der Waals surface area contributed by atoms with Crippen LogP contribution in [0.1, 0.15) is 33.6 Å². The van der Waals surface area contributed by atoms with E-state index >= 15 is 0 Å². The number of rotatable bonds is 6. The minimum absolute atomic E-state index is 0.0328. The van der Waals surface area contributed by atoms with E-state index in [0.717, 1.165) is 12.8 Å². The summed E-state index contributed by atoms with van der Waals surface area (Å²) >= 11 is 0. The molecule has 0 aromatic carbocycles. The highest BCUT2D eigenvalue weighted by atomic mass is 32.2. The third-order valence-corrected chi connectivity index (χ3v) is 4.41. The van der Waals surface area contributed by atoms with Crippen molar-refractivity contribution in [3.05, 3.63) is 0 Å². The molecule has 0 aromatic rings. The average Bonchev–Trinajstić information content (AvgIpc) is 2.67. The van der Waals surface area contributed by atoms with Gasteiger partial charge in [-0.2, -0.15) is 0 Å². The zero-order valence-electron chi connectivity index (χ0n) is 11.2. The maximum Gasteiger partial charge on any atom is 0.241 e. The summed E-state index contributed by atoms with van der Waals surface area (Å²) in [6.45, 7) is 6.87. The molecule has 0 aromatic heterocycles. The lowest BCUT2D eigenvalue weighted by Gasteiger charge is -2.24. The first-order valence-electron chi connectivity index (χ1n) is 6.31. The molecule has 1 fully saturated rings. The Labute approximate surface area is 107 Å². The summed E-state index contributed by atoms with van der Waals surface area (Å²) in [5.41, 5.74) is 0. The number of hydrogen-bond acceptors (Lipinski definition) is 3. The summed E-state index contributed by atoms with van der Waals surface area (Å²) in [5, 5.41) is 3.28. The number of carbonyl (C=O) groups excluding carboxylic acids is 1. The maximum atomic E-state index is 12.2. The summed E-state index contributed by atoms with van der Waals surface area (Å²) in [6, 6.07) is 0.141. The molecule has 4 nitrogen and oxygen atoms in total. The zero-order chi connectivity index (χ0) is 13.0. The second-order valence-corrected chi connectivity index (χ2v) is 6.50. The largest absolute Gasteiger partial charge is 0.326 e. The van der Waals surface area contributed by atoms with Crippen LogP contribution < -0.4 is 5.32 Å². The fourth-order valence-corrected chi connectivity index (χ4v) is 2.76. The maximum absolute atomic E-state index is 12.2. The molecule has 0 radical (unpaired) electrons. The molecule has 0 aliphatic carbocycles. The molecule has 0 bridgehead atoms.